The second-order valence-electron chi connectivity index (χ2n) is 4.56. The summed E-state index contributed by atoms with van der Waals surface area (Å²) in [4.78, 5) is 23.8. The maximum absolute atomic E-state index is 12.0. The van der Waals surface area contributed by atoms with E-state index >= 15 is 0 Å². The first-order valence-corrected chi connectivity index (χ1v) is 6.45. The maximum Gasteiger partial charge on any atom is 0.338 e. The van der Waals surface area contributed by atoms with Crippen molar-refractivity contribution < 1.29 is 19.1 Å². The number of methoxy groups -OCH3 is 2. The fourth-order valence-electron chi connectivity index (χ4n) is 2.17. The molecule has 0 aliphatic rings. The van der Waals surface area contributed by atoms with E-state index in [0.717, 1.165) is 16.7 Å². The summed E-state index contributed by atoms with van der Waals surface area (Å²) < 4.78 is 9.56. The van der Waals surface area contributed by atoms with Gasteiger partial charge in [0.15, 0.2) is 0 Å². The van der Waals surface area contributed by atoms with Gasteiger partial charge < -0.3 is 9.47 Å². The second-order valence-corrected chi connectivity index (χ2v) is 4.56. The van der Waals surface area contributed by atoms with Crippen LogP contribution in [0.4, 0.5) is 0 Å². The van der Waals surface area contributed by atoms with Crippen molar-refractivity contribution in [2.24, 2.45) is 0 Å². The van der Waals surface area contributed by atoms with E-state index in [2.05, 4.69) is 0 Å². The van der Waals surface area contributed by atoms with E-state index in [9.17, 15) is 9.59 Å². The Balaban J connectivity index is 2.67. The molecule has 0 aromatic heterocycles. The molecule has 0 spiro atoms. The van der Waals surface area contributed by atoms with Gasteiger partial charge in [0.2, 0.25) is 0 Å². The van der Waals surface area contributed by atoms with Gasteiger partial charge in [-0.15, -0.1) is 0 Å². The van der Waals surface area contributed by atoms with E-state index in [-0.39, 0.29) is 0 Å². The number of carbonyl (C=O) groups excluding carboxylic acids is 2. The van der Waals surface area contributed by atoms with Gasteiger partial charge in [-0.2, -0.15) is 0 Å². The Labute approximate surface area is 123 Å². The molecule has 0 aliphatic carbocycles. The molecule has 0 atom stereocenters. The number of ether oxygens (including phenoxy) is 2. The van der Waals surface area contributed by atoms with Crippen LogP contribution in [0.3, 0.4) is 0 Å². The van der Waals surface area contributed by atoms with Crippen molar-refractivity contribution in [2.75, 3.05) is 14.2 Å². The Morgan fingerprint density at radius 1 is 0.857 bits per heavy atom. The fourth-order valence-corrected chi connectivity index (χ4v) is 2.17. The molecule has 4 nitrogen and oxygen atoms in total. The van der Waals surface area contributed by atoms with E-state index in [1.54, 1.807) is 13.0 Å². The van der Waals surface area contributed by atoms with Gasteiger partial charge in [0.05, 0.1) is 25.3 Å². The minimum absolute atomic E-state index is 0.342. The van der Waals surface area contributed by atoms with Gasteiger partial charge in [0.1, 0.15) is 0 Å². The normalized spacial score (nSPS) is 10.0. The third kappa shape index (κ3) is 2.94. The molecule has 0 saturated carbocycles. The maximum atomic E-state index is 12.0. The predicted octanol–water partition coefficient (Wildman–Crippen LogP) is 3.24. The van der Waals surface area contributed by atoms with Gasteiger partial charge in [-0.3, -0.25) is 0 Å². The number of carbonyl (C=O) groups is 2. The number of aryl methyl sites for hydroxylation is 1. The molecular weight excluding hydrogens is 268 g/mol. The summed E-state index contributed by atoms with van der Waals surface area (Å²) in [6.07, 6.45) is 0. The summed E-state index contributed by atoms with van der Waals surface area (Å²) in [5.74, 6) is -0.962. The van der Waals surface area contributed by atoms with E-state index in [0.29, 0.717) is 11.1 Å². The lowest BCUT2D eigenvalue weighted by atomic mass is 9.94. The van der Waals surface area contributed by atoms with Gasteiger partial charge in [0, 0.05) is 0 Å². The van der Waals surface area contributed by atoms with Crippen molar-refractivity contribution in [1.82, 2.24) is 0 Å². The van der Waals surface area contributed by atoms with Crippen LogP contribution >= 0.6 is 0 Å². The standard InChI is InChI=1S/C17H16O4/c1-11-9-14(12-7-5-4-6-8-12)15(17(19)21-3)10-13(11)16(18)20-2/h4-10H,1-3H3. The van der Waals surface area contributed by atoms with Crippen LogP contribution < -0.4 is 0 Å². The first kappa shape index (κ1) is 14.8. The third-order valence-electron chi connectivity index (χ3n) is 3.26. The Hall–Kier alpha value is -2.62. The molecule has 21 heavy (non-hydrogen) atoms. The molecule has 0 saturated heterocycles. The SMILES string of the molecule is COC(=O)c1cc(C(=O)OC)c(-c2ccccc2)cc1C. The molecule has 0 aliphatic heterocycles. The Morgan fingerprint density at radius 2 is 1.43 bits per heavy atom. The Bertz CT molecular complexity index is 675. The number of rotatable bonds is 3. The van der Waals surface area contributed by atoms with Crippen LogP contribution in [0.25, 0.3) is 11.1 Å². The summed E-state index contributed by atoms with van der Waals surface area (Å²) >= 11 is 0. The average molecular weight is 284 g/mol. The number of esters is 2. The van der Waals surface area contributed by atoms with Crippen molar-refractivity contribution in [3.05, 3.63) is 59.2 Å². The number of benzene rings is 2. The van der Waals surface area contributed by atoms with Crippen LogP contribution in [0.1, 0.15) is 26.3 Å². The van der Waals surface area contributed by atoms with E-state index in [4.69, 9.17) is 9.47 Å². The van der Waals surface area contributed by atoms with E-state index in [1.807, 2.05) is 30.3 Å². The highest BCUT2D eigenvalue weighted by Crippen LogP contribution is 2.28. The molecule has 108 valence electrons. The average Bonchev–Trinajstić information content (AvgIpc) is 2.54. The lowest BCUT2D eigenvalue weighted by Gasteiger charge is -2.12. The molecule has 2 aromatic rings. The monoisotopic (exact) mass is 284 g/mol. The van der Waals surface area contributed by atoms with Crippen LogP contribution in [0.2, 0.25) is 0 Å². The molecule has 0 unspecified atom stereocenters. The molecule has 0 fully saturated rings. The van der Waals surface area contributed by atoms with E-state index < -0.39 is 11.9 Å². The smallest absolute Gasteiger partial charge is 0.338 e. The Kier molecular flexibility index (Phi) is 4.38. The second kappa shape index (κ2) is 6.22. The molecule has 2 rings (SSSR count). The third-order valence-corrected chi connectivity index (χ3v) is 3.26. The summed E-state index contributed by atoms with van der Waals surface area (Å²) in [6.45, 7) is 1.81. The highest BCUT2D eigenvalue weighted by Gasteiger charge is 2.19. The summed E-state index contributed by atoms with van der Waals surface area (Å²) in [6, 6.07) is 12.8. The molecule has 4 heteroatoms. The van der Waals surface area contributed by atoms with Gasteiger partial charge >= 0.3 is 11.9 Å². The molecule has 0 amide bonds. The van der Waals surface area contributed by atoms with Crippen LogP contribution in [0.5, 0.6) is 0 Å². The van der Waals surface area contributed by atoms with Gasteiger partial charge in [0.25, 0.3) is 0 Å². The topological polar surface area (TPSA) is 52.6 Å². The van der Waals surface area contributed by atoms with Crippen LogP contribution in [0, 0.1) is 6.92 Å². The van der Waals surface area contributed by atoms with Crippen LogP contribution in [-0.4, -0.2) is 26.2 Å². The number of hydrogen-bond donors (Lipinski definition) is 0. The molecule has 0 radical (unpaired) electrons. The van der Waals surface area contributed by atoms with E-state index in [1.165, 1.54) is 20.3 Å². The van der Waals surface area contributed by atoms with Crippen molar-refractivity contribution >= 4 is 11.9 Å². The fraction of sp³-hybridized carbons (Fsp3) is 0.176. The largest absolute Gasteiger partial charge is 0.465 e. The molecule has 0 N–H and O–H groups in total. The minimum atomic E-state index is -0.487. The zero-order chi connectivity index (χ0) is 15.4. The highest BCUT2D eigenvalue weighted by atomic mass is 16.5. The van der Waals surface area contributed by atoms with Crippen molar-refractivity contribution in [3.63, 3.8) is 0 Å². The van der Waals surface area contributed by atoms with Crippen LogP contribution in [-0.2, 0) is 9.47 Å². The quantitative estimate of drug-likeness (QED) is 0.812. The van der Waals surface area contributed by atoms with Gasteiger partial charge in [-0.05, 0) is 35.7 Å². The summed E-state index contributed by atoms with van der Waals surface area (Å²) in [7, 11) is 2.62. The lowest BCUT2D eigenvalue weighted by molar-refractivity contribution is 0.0599. The minimum Gasteiger partial charge on any atom is -0.465 e. The molecule has 0 bridgehead atoms. The van der Waals surface area contributed by atoms with Crippen molar-refractivity contribution in [1.29, 1.82) is 0 Å². The van der Waals surface area contributed by atoms with Crippen molar-refractivity contribution in [2.45, 2.75) is 6.92 Å². The molecular formula is C17H16O4. The van der Waals surface area contributed by atoms with Crippen molar-refractivity contribution in [3.8, 4) is 11.1 Å². The van der Waals surface area contributed by atoms with Crippen LogP contribution in [0.15, 0.2) is 42.5 Å². The lowest BCUT2D eigenvalue weighted by Crippen LogP contribution is -2.10. The van der Waals surface area contributed by atoms with Gasteiger partial charge in [-0.1, -0.05) is 30.3 Å². The Morgan fingerprint density at radius 3 is 2.00 bits per heavy atom. The summed E-state index contributed by atoms with van der Waals surface area (Å²) in [5, 5.41) is 0. The highest BCUT2D eigenvalue weighted by molar-refractivity contribution is 6.01. The first-order valence-electron chi connectivity index (χ1n) is 6.45. The zero-order valence-electron chi connectivity index (χ0n) is 12.2. The summed E-state index contributed by atoms with van der Waals surface area (Å²) in [5.41, 5.74) is 3.06. The predicted molar refractivity (Wildman–Crippen MR) is 79.3 cm³/mol. The first-order chi connectivity index (χ1) is 10.1. The zero-order valence-corrected chi connectivity index (χ0v) is 12.2. The number of hydrogen-bond acceptors (Lipinski definition) is 4. The molecule has 2 aromatic carbocycles. The molecule has 0 heterocycles. The van der Waals surface area contributed by atoms with Gasteiger partial charge in [-0.25, -0.2) is 9.59 Å².